The predicted octanol–water partition coefficient (Wildman–Crippen LogP) is 6.04. The van der Waals surface area contributed by atoms with Crippen molar-refractivity contribution in [1.82, 2.24) is 0 Å². The zero-order chi connectivity index (χ0) is 25.8. The molecular formula is C24H17N5O7. The van der Waals surface area contributed by atoms with Crippen LogP contribution >= 0.6 is 0 Å². The molecule has 0 bridgehead atoms. The number of para-hydroxylation sites is 1. The third-order valence-electron chi connectivity index (χ3n) is 5.18. The summed E-state index contributed by atoms with van der Waals surface area (Å²) in [6.07, 6.45) is 0. The average molecular weight is 487 g/mol. The molecule has 0 saturated heterocycles. The van der Waals surface area contributed by atoms with Crippen LogP contribution in [0.3, 0.4) is 0 Å². The van der Waals surface area contributed by atoms with Gasteiger partial charge in [0, 0.05) is 17.1 Å². The Morgan fingerprint density at radius 3 is 2.31 bits per heavy atom. The monoisotopic (exact) mass is 487 g/mol. The highest BCUT2D eigenvalue weighted by atomic mass is 16.6. The second-order valence-electron chi connectivity index (χ2n) is 7.39. The van der Waals surface area contributed by atoms with Gasteiger partial charge in [-0.2, -0.15) is 0 Å². The Hall–Kier alpha value is -5.39. The summed E-state index contributed by atoms with van der Waals surface area (Å²) in [6.45, 7) is 0. The number of hydrogen-bond acceptors (Lipinski definition) is 9. The normalized spacial score (nSPS) is 10.9. The number of fused-ring (bicyclic) bond motifs is 1. The van der Waals surface area contributed by atoms with Gasteiger partial charge in [-0.1, -0.05) is 42.5 Å². The molecule has 0 aliphatic heterocycles. The summed E-state index contributed by atoms with van der Waals surface area (Å²) in [5, 5.41) is 45.3. The van der Waals surface area contributed by atoms with Gasteiger partial charge in [-0.05, 0) is 23.6 Å². The van der Waals surface area contributed by atoms with Crippen LogP contribution in [0, 0.1) is 20.2 Å². The Bertz CT molecular complexity index is 1540. The zero-order valence-corrected chi connectivity index (χ0v) is 18.6. The number of phenols is 1. The molecule has 0 aliphatic carbocycles. The van der Waals surface area contributed by atoms with Crippen LogP contribution in [0.4, 0.5) is 28.4 Å². The van der Waals surface area contributed by atoms with E-state index in [9.17, 15) is 30.1 Å². The van der Waals surface area contributed by atoms with Crippen LogP contribution in [0.15, 0.2) is 83.0 Å². The van der Waals surface area contributed by atoms with Gasteiger partial charge in [0.25, 0.3) is 11.6 Å². The van der Waals surface area contributed by atoms with E-state index >= 15 is 0 Å². The van der Waals surface area contributed by atoms with Crippen molar-refractivity contribution in [2.24, 2.45) is 10.2 Å². The van der Waals surface area contributed by atoms with Gasteiger partial charge in [-0.25, -0.2) is 0 Å². The van der Waals surface area contributed by atoms with Gasteiger partial charge in [0.1, 0.15) is 11.4 Å². The number of phenolic OH excluding ortho intramolecular Hbond substituents is 1. The molecule has 0 heterocycles. The smallest absolute Gasteiger partial charge is 0.320 e. The molecule has 36 heavy (non-hydrogen) atoms. The first-order chi connectivity index (χ1) is 17.3. The summed E-state index contributed by atoms with van der Waals surface area (Å²) in [7, 11) is 1.15. The zero-order valence-electron chi connectivity index (χ0n) is 18.6. The number of amides is 1. The summed E-state index contributed by atoms with van der Waals surface area (Å²) < 4.78 is 5.06. The topological polar surface area (TPSA) is 170 Å². The largest absolute Gasteiger partial charge is 0.505 e. The van der Waals surface area contributed by atoms with E-state index in [1.807, 2.05) is 0 Å². The number of aromatic hydroxyl groups is 1. The molecule has 2 N–H and O–H groups in total. The fourth-order valence-electron chi connectivity index (χ4n) is 3.52. The van der Waals surface area contributed by atoms with Crippen LogP contribution in [0.5, 0.6) is 11.5 Å². The SMILES string of the molecule is COc1c(N=Nc2c(O)c(C(=O)Nc3ccccc3)cc3ccccc23)cc([N+](=O)[O-])cc1[N+](=O)[O-]. The number of non-ortho nitro benzene ring substituents is 1. The second kappa shape index (κ2) is 9.85. The maximum Gasteiger partial charge on any atom is 0.320 e. The van der Waals surface area contributed by atoms with Crippen LogP contribution in [0.1, 0.15) is 10.4 Å². The van der Waals surface area contributed by atoms with Crippen LogP contribution < -0.4 is 10.1 Å². The maximum atomic E-state index is 12.9. The van der Waals surface area contributed by atoms with Gasteiger partial charge in [-0.3, -0.25) is 25.0 Å². The number of hydrogen-bond donors (Lipinski definition) is 2. The summed E-state index contributed by atoms with van der Waals surface area (Å²) >= 11 is 0. The van der Waals surface area contributed by atoms with Gasteiger partial charge in [0.05, 0.1) is 28.6 Å². The molecule has 0 spiro atoms. The van der Waals surface area contributed by atoms with Gasteiger partial charge in [-0.15, -0.1) is 10.2 Å². The molecule has 0 saturated carbocycles. The average Bonchev–Trinajstić information content (AvgIpc) is 2.87. The first kappa shape index (κ1) is 23.8. The van der Waals surface area contributed by atoms with Crippen molar-refractivity contribution in [3.05, 3.63) is 98.6 Å². The van der Waals surface area contributed by atoms with E-state index in [-0.39, 0.29) is 22.7 Å². The fourth-order valence-corrected chi connectivity index (χ4v) is 3.52. The number of carbonyl (C=O) groups excluding carboxylic acids is 1. The number of anilines is 1. The van der Waals surface area contributed by atoms with E-state index in [2.05, 4.69) is 15.5 Å². The van der Waals surface area contributed by atoms with Crippen molar-refractivity contribution in [2.45, 2.75) is 0 Å². The standard InChI is InChI=1S/C24H17N5O7/c1-36-23-19(12-16(28(32)33)13-20(23)29(34)35)26-27-21-17-10-6-5-7-14(17)11-18(22(21)30)24(31)25-15-8-3-2-4-9-15/h2-13,30H,1H3,(H,25,31). The molecule has 0 aliphatic rings. The number of ether oxygens (including phenoxy) is 1. The molecule has 12 nitrogen and oxygen atoms in total. The number of azo groups is 1. The summed E-state index contributed by atoms with van der Waals surface area (Å²) in [5.41, 5.74) is -1.27. The molecule has 1 amide bonds. The van der Waals surface area contributed by atoms with Crippen LogP contribution in [0.25, 0.3) is 10.8 Å². The highest BCUT2D eigenvalue weighted by molar-refractivity contribution is 6.11. The quantitative estimate of drug-likeness (QED) is 0.182. The molecule has 4 aromatic carbocycles. The molecule has 0 radical (unpaired) electrons. The summed E-state index contributed by atoms with van der Waals surface area (Å²) in [5.74, 6) is -1.45. The van der Waals surface area contributed by atoms with Gasteiger partial charge < -0.3 is 15.2 Å². The molecule has 180 valence electrons. The summed E-state index contributed by atoms with van der Waals surface area (Å²) in [4.78, 5) is 34.0. The van der Waals surface area contributed by atoms with E-state index in [0.29, 0.717) is 16.5 Å². The van der Waals surface area contributed by atoms with Crippen LogP contribution in [0.2, 0.25) is 0 Å². The van der Waals surface area contributed by atoms with Crippen molar-refractivity contribution in [1.29, 1.82) is 0 Å². The number of rotatable bonds is 7. The fraction of sp³-hybridized carbons (Fsp3) is 0.0417. The van der Waals surface area contributed by atoms with E-state index in [1.165, 1.54) is 6.07 Å². The van der Waals surface area contributed by atoms with Gasteiger partial charge in [0.2, 0.25) is 5.75 Å². The molecule has 0 atom stereocenters. The number of methoxy groups -OCH3 is 1. The highest BCUT2D eigenvalue weighted by Crippen LogP contribution is 2.44. The Labute approximate surface area is 202 Å². The molecule has 4 rings (SSSR count). The number of benzene rings is 4. The van der Waals surface area contributed by atoms with Crippen molar-refractivity contribution in [3.63, 3.8) is 0 Å². The molecule has 0 unspecified atom stereocenters. The first-order valence-electron chi connectivity index (χ1n) is 10.3. The third kappa shape index (κ3) is 4.63. The third-order valence-corrected chi connectivity index (χ3v) is 5.18. The minimum atomic E-state index is -0.841. The van der Waals surface area contributed by atoms with Crippen molar-refractivity contribution >= 4 is 45.1 Å². The minimum absolute atomic E-state index is 0.0940. The number of nitro benzene ring substituents is 2. The van der Waals surface area contributed by atoms with Crippen molar-refractivity contribution in [2.75, 3.05) is 12.4 Å². The lowest BCUT2D eigenvalue weighted by molar-refractivity contribution is -0.394. The van der Waals surface area contributed by atoms with E-state index in [0.717, 1.165) is 19.2 Å². The molecular weight excluding hydrogens is 470 g/mol. The number of nitrogens with zero attached hydrogens (tertiary/aromatic N) is 4. The van der Waals surface area contributed by atoms with E-state index in [4.69, 9.17) is 4.74 Å². The second-order valence-corrected chi connectivity index (χ2v) is 7.39. The molecule has 0 aromatic heterocycles. The Morgan fingerprint density at radius 1 is 0.944 bits per heavy atom. The molecule has 0 fully saturated rings. The molecule has 12 heteroatoms. The Morgan fingerprint density at radius 2 is 1.64 bits per heavy atom. The van der Waals surface area contributed by atoms with Crippen LogP contribution in [-0.2, 0) is 0 Å². The number of nitro groups is 2. The van der Waals surface area contributed by atoms with Crippen molar-refractivity contribution < 1.29 is 24.5 Å². The summed E-state index contributed by atoms with van der Waals surface area (Å²) in [6, 6.07) is 18.6. The van der Waals surface area contributed by atoms with E-state index < -0.39 is 32.9 Å². The predicted molar refractivity (Wildman–Crippen MR) is 130 cm³/mol. The Kier molecular flexibility index (Phi) is 6.50. The lowest BCUT2D eigenvalue weighted by Gasteiger charge is -2.11. The Balaban J connectivity index is 1.86. The van der Waals surface area contributed by atoms with Gasteiger partial charge >= 0.3 is 5.69 Å². The minimum Gasteiger partial charge on any atom is -0.505 e. The van der Waals surface area contributed by atoms with Crippen LogP contribution in [-0.4, -0.2) is 28.0 Å². The first-order valence-corrected chi connectivity index (χ1v) is 10.3. The van der Waals surface area contributed by atoms with E-state index in [1.54, 1.807) is 54.6 Å². The maximum absolute atomic E-state index is 12.9. The van der Waals surface area contributed by atoms with Crippen molar-refractivity contribution in [3.8, 4) is 11.5 Å². The van der Waals surface area contributed by atoms with Gasteiger partial charge in [0.15, 0.2) is 5.75 Å². The number of nitrogens with one attached hydrogen (secondary N) is 1. The lowest BCUT2D eigenvalue weighted by atomic mass is 10.0. The highest BCUT2D eigenvalue weighted by Gasteiger charge is 2.26. The molecule has 4 aromatic rings. The lowest BCUT2D eigenvalue weighted by Crippen LogP contribution is -2.12. The number of carbonyl (C=O) groups is 1.